The average Bonchev–Trinajstić information content (AvgIpc) is 3.22. The number of benzene rings is 1. The largest absolute Gasteiger partial charge is 0.497 e. The van der Waals surface area contributed by atoms with Crippen molar-refractivity contribution in [2.45, 2.75) is 44.9 Å². The first-order valence-corrected chi connectivity index (χ1v) is 8.01. The van der Waals surface area contributed by atoms with Gasteiger partial charge in [-0.3, -0.25) is 0 Å². The standard InChI is InChI=1S/C18H24N2O2/c1-21-17-7-6-15(13-20-12-14-8-9-19-11-14)18(10-17)22-16-4-2-3-5-16/h6-11,16,19-20H,2-5,12-13H2,1H3. The normalized spacial score (nSPS) is 15.1. The molecule has 1 heterocycles. The van der Waals surface area contributed by atoms with E-state index in [1.807, 2.05) is 24.5 Å². The number of hydrogen-bond donors (Lipinski definition) is 2. The lowest BCUT2D eigenvalue weighted by atomic mass is 10.1. The van der Waals surface area contributed by atoms with Gasteiger partial charge in [-0.05, 0) is 43.4 Å². The van der Waals surface area contributed by atoms with Crippen LogP contribution in [0.15, 0.2) is 36.7 Å². The molecule has 0 aliphatic heterocycles. The molecule has 3 rings (SSSR count). The van der Waals surface area contributed by atoms with E-state index in [0.717, 1.165) is 37.4 Å². The Morgan fingerprint density at radius 3 is 2.77 bits per heavy atom. The number of aromatic nitrogens is 1. The van der Waals surface area contributed by atoms with Crippen molar-refractivity contribution in [2.75, 3.05) is 7.11 Å². The second-order valence-electron chi connectivity index (χ2n) is 5.82. The summed E-state index contributed by atoms with van der Waals surface area (Å²) in [6, 6.07) is 8.17. The Morgan fingerprint density at radius 1 is 1.18 bits per heavy atom. The third kappa shape index (κ3) is 3.83. The van der Waals surface area contributed by atoms with Gasteiger partial charge in [-0.25, -0.2) is 0 Å². The monoisotopic (exact) mass is 300 g/mol. The van der Waals surface area contributed by atoms with Gasteiger partial charge in [-0.2, -0.15) is 0 Å². The first kappa shape index (κ1) is 15.0. The van der Waals surface area contributed by atoms with E-state index >= 15 is 0 Å². The molecule has 0 amide bonds. The Labute approximate surface area is 131 Å². The second-order valence-corrected chi connectivity index (χ2v) is 5.82. The summed E-state index contributed by atoms with van der Waals surface area (Å²) < 4.78 is 11.5. The van der Waals surface area contributed by atoms with Gasteiger partial charge in [0, 0.05) is 37.1 Å². The SMILES string of the molecule is COc1ccc(CNCc2cc[nH]c2)c(OC2CCCC2)c1. The van der Waals surface area contributed by atoms with Gasteiger partial charge in [-0.15, -0.1) is 0 Å². The van der Waals surface area contributed by atoms with Crippen LogP contribution in [0.25, 0.3) is 0 Å². The number of rotatable bonds is 7. The molecule has 4 heteroatoms. The highest BCUT2D eigenvalue weighted by atomic mass is 16.5. The van der Waals surface area contributed by atoms with E-state index in [-0.39, 0.29) is 0 Å². The fourth-order valence-electron chi connectivity index (χ4n) is 2.91. The van der Waals surface area contributed by atoms with E-state index in [4.69, 9.17) is 9.47 Å². The van der Waals surface area contributed by atoms with Crippen LogP contribution < -0.4 is 14.8 Å². The molecule has 0 spiro atoms. The third-order valence-corrected chi connectivity index (χ3v) is 4.18. The maximum absolute atomic E-state index is 6.21. The molecule has 1 aromatic heterocycles. The van der Waals surface area contributed by atoms with Crippen molar-refractivity contribution in [2.24, 2.45) is 0 Å². The Kier molecular flexibility index (Phi) is 5.01. The quantitative estimate of drug-likeness (QED) is 0.820. The zero-order valence-corrected chi connectivity index (χ0v) is 13.1. The van der Waals surface area contributed by atoms with Crippen LogP contribution in [0.3, 0.4) is 0 Å². The minimum absolute atomic E-state index is 0.357. The van der Waals surface area contributed by atoms with Crippen LogP contribution in [0.5, 0.6) is 11.5 Å². The van der Waals surface area contributed by atoms with E-state index in [1.54, 1.807) is 7.11 Å². The Bertz CT molecular complexity index is 575. The maximum atomic E-state index is 6.21. The summed E-state index contributed by atoms with van der Waals surface area (Å²) in [7, 11) is 1.69. The van der Waals surface area contributed by atoms with Crippen molar-refractivity contribution in [3.63, 3.8) is 0 Å². The zero-order chi connectivity index (χ0) is 15.2. The Hall–Kier alpha value is -1.94. The Balaban J connectivity index is 1.65. The van der Waals surface area contributed by atoms with Crippen molar-refractivity contribution >= 4 is 0 Å². The highest BCUT2D eigenvalue weighted by Gasteiger charge is 2.18. The summed E-state index contributed by atoms with van der Waals surface area (Å²) in [6.45, 7) is 1.63. The first-order chi connectivity index (χ1) is 10.8. The van der Waals surface area contributed by atoms with E-state index in [9.17, 15) is 0 Å². The topological polar surface area (TPSA) is 46.3 Å². The fourth-order valence-corrected chi connectivity index (χ4v) is 2.91. The summed E-state index contributed by atoms with van der Waals surface area (Å²) in [4.78, 5) is 3.07. The van der Waals surface area contributed by atoms with Gasteiger partial charge in [-0.1, -0.05) is 6.07 Å². The van der Waals surface area contributed by atoms with Gasteiger partial charge in [0.05, 0.1) is 13.2 Å². The van der Waals surface area contributed by atoms with Gasteiger partial charge in [0.1, 0.15) is 11.5 Å². The molecule has 0 bridgehead atoms. The molecule has 4 nitrogen and oxygen atoms in total. The van der Waals surface area contributed by atoms with Crippen molar-refractivity contribution in [3.05, 3.63) is 47.8 Å². The van der Waals surface area contributed by atoms with Gasteiger partial charge in [0.25, 0.3) is 0 Å². The molecule has 118 valence electrons. The highest BCUT2D eigenvalue weighted by Crippen LogP contribution is 2.30. The van der Waals surface area contributed by atoms with Crippen molar-refractivity contribution in [1.82, 2.24) is 10.3 Å². The molecule has 0 unspecified atom stereocenters. The van der Waals surface area contributed by atoms with Crippen molar-refractivity contribution in [1.29, 1.82) is 0 Å². The van der Waals surface area contributed by atoms with Crippen LogP contribution in [-0.4, -0.2) is 18.2 Å². The molecule has 0 atom stereocenters. The number of aromatic amines is 1. The second kappa shape index (κ2) is 7.36. The lowest BCUT2D eigenvalue weighted by Crippen LogP contribution is -2.16. The van der Waals surface area contributed by atoms with E-state index < -0.39 is 0 Å². The van der Waals surface area contributed by atoms with Gasteiger partial charge in [0.15, 0.2) is 0 Å². The first-order valence-electron chi connectivity index (χ1n) is 8.01. The van der Waals surface area contributed by atoms with E-state index in [1.165, 1.54) is 24.0 Å². The number of methoxy groups -OCH3 is 1. The van der Waals surface area contributed by atoms with Gasteiger partial charge < -0.3 is 19.8 Å². The number of ether oxygens (including phenoxy) is 2. The number of H-pyrrole nitrogens is 1. The molecule has 0 saturated heterocycles. The smallest absolute Gasteiger partial charge is 0.127 e. The predicted octanol–water partition coefficient (Wildman–Crippen LogP) is 3.63. The van der Waals surface area contributed by atoms with Crippen LogP contribution in [0.4, 0.5) is 0 Å². The van der Waals surface area contributed by atoms with E-state index in [0.29, 0.717) is 6.10 Å². The maximum Gasteiger partial charge on any atom is 0.127 e. The fraction of sp³-hybridized carbons (Fsp3) is 0.444. The van der Waals surface area contributed by atoms with Gasteiger partial charge >= 0.3 is 0 Å². The lowest BCUT2D eigenvalue weighted by molar-refractivity contribution is 0.206. The van der Waals surface area contributed by atoms with Crippen LogP contribution >= 0.6 is 0 Å². The molecule has 1 aromatic carbocycles. The van der Waals surface area contributed by atoms with Crippen LogP contribution in [0.2, 0.25) is 0 Å². The number of nitrogens with one attached hydrogen (secondary N) is 2. The predicted molar refractivity (Wildman–Crippen MR) is 87.2 cm³/mol. The molecule has 1 saturated carbocycles. The molecule has 22 heavy (non-hydrogen) atoms. The Morgan fingerprint density at radius 2 is 2.05 bits per heavy atom. The summed E-state index contributed by atoms with van der Waals surface area (Å²) in [6.07, 6.45) is 9.18. The van der Waals surface area contributed by atoms with Crippen LogP contribution in [-0.2, 0) is 13.1 Å². The third-order valence-electron chi connectivity index (χ3n) is 4.18. The zero-order valence-electron chi connectivity index (χ0n) is 13.1. The summed E-state index contributed by atoms with van der Waals surface area (Å²) in [5.74, 6) is 1.80. The molecule has 0 radical (unpaired) electrons. The molecule has 1 aliphatic rings. The minimum atomic E-state index is 0.357. The van der Waals surface area contributed by atoms with Crippen molar-refractivity contribution in [3.8, 4) is 11.5 Å². The van der Waals surface area contributed by atoms with Crippen LogP contribution in [0.1, 0.15) is 36.8 Å². The van der Waals surface area contributed by atoms with Gasteiger partial charge in [0.2, 0.25) is 0 Å². The molecule has 2 N–H and O–H groups in total. The average molecular weight is 300 g/mol. The molecular weight excluding hydrogens is 276 g/mol. The van der Waals surface area contributed by atoms with Crippen LogP contribution in [0, 0.1) is 0 Å². The summed E-state index contributed by atoms with van der Waals surface area (Å²) >= 11 is 0. The minimum Gasteiger partial charge on any atom is -0.497 e. The van der Waals surface area contributed by atoms with E-state index in [2.05, 4.69) is 22.4 Å². The molecule has 2 aromatic rings. The lowest BCUT2D eigenvalue weighted by Gasteiger charge is -2.18. The molecule has 1 fully saturated rings. The van der Waals surface area contributed by atoms with Crippen molar-refractivity contribution < 1.29 is 9.47 Å². The highest BCUT2D eigenvalue weighted by molar-refractivity contribution is 5.41. The molecular formula is C18H24N2O2. The molecule has 1 aliphatic carbocycles. The summed E-state index contributed by atoms with van der Waals surface area (Å²) in [5.41, 5.74) is 2.44. The number of hydrogen-bond acceptors (Lipinski definition) is 3. The summed E-state index contributed by atoms with van der Waals surface area (Å²) in [5, 5.41) is 3.47.